The molecule has 0 aromatic heterocycles. The monoisotopic (exact) mass is 203 g/mol. The molecule has 1 aliphatic heterocycles. The fraction of sp³-hybridized carbons (Fsp3) is 0.800. The van der Waals surface area contributed by atoms with Gasteiger partial charge in [-0.2, -0.15) is 0 Å². The molecule has 0 spiro atoms. The molecule has 1 unspecified atom stereocenters. The fourth-order valence-corrected chi connectivity index (χ4v) is 1.77. The normalized spacial score (nSPS) is 28.1. The molecule has 1 saturated heterocycles. The summed E-state index contributed by atoms with van der Waals surface area (Å²) in [5, 5.41) is 3.43. The summed E-state index contributed by atoms with van der Waals surface area (Å²) in [5.41, 5.74) is 1.58. The first-order valence-electron chi connectivity index (χ1n) is 4.76. The van der Waals surface area contributed by atoms with Gasteiger partial charge in [-0.3, -0.25) is 0 Å². The van der Waals surface area contributed by atoms with Gasteiger partial charge in [0.2, 0.25) is 0 Å². The van der Waals surface area contributed by atoms with Crippen LogP contribution in [0.4, 0.5) is 0 Å². The first-order chi connectivity index (χ1) is 6.14. The second-order valence-electron chi connectivity index (χ2n) is 4.07. The highest BCUT2D eigenvalue weighted by Gasteiger charge is 2.27. The van der Waals surface area contributed by atoms with Crippen molar-refractivity contribution >= 4 is 11.6 Å². The van der Waals surface area contributed by atoms with Gasteiger partial charge in [-0.05, 0) is 26.7 Å². The molecule has 0 aromatic carbocycles. The van der Waals surface area contributed by atoms with Crippen molar-refractivity contribution in [2.45, 2.75) is 38.3 Å². The molecule has 1 atom stereocenters. The number of ether oxygens (including phenoxy) is 1. The molecular weight excluding hydrogens is 186 g/mol. The molecule has 0 radical (unpaired) electrons. The second kappa shape index (κ2) is 4.99. The summed E-state index contributed by atoms with van der Waals surface area (Å²) in [4.78, 5) is 0. The summed E-state index contributed by atoms with van der Waals surface area (Å²) >= 11 is 5.43. The van der Waals surface area contributed by atoms with Gasteiger partial charge < -0.3 is 10.1 Å². The van der Waals surface area contributed by atoms with Crippen molar-refractivity contribution < 1.29 is 4.74 Å². The van der Waals surface area contributed by atoms with Crippen LogP contribution >= 0.6 is 11.6 Å². The molecule has 1 rings (SSSR count). The van der Waals surface area contributed by atoms with Crippen LogP contribution in [0.5, 0.6) is 0 Å². The van der Waals surface area contributed by atoms with Crippen LogP contribution in [0.15, 0.2) is 11.6 Å². The third-order valence-corrected chi connectivity index (χ3v) is 2.49. The van der Waals surface area contributed by atoms with E-state index in [1.807, 2.05) is 6.08 Å². The second-order valence-corrected chi connectivity index (χ2v) is 4.32. The van der Waals surface area contributed by atoms with Gasteiger partial charge in [0.25, 0.3) is 0 Å². The van der Waals surface area contributed by atoms with Crippen LogP contribution in [-0.2, 0) is 4.74 Å². The van der Waals surface area contributed by atoms with E-state index in [0.717, 1.165) is 26.0 Å². The summed E-state index contributed by atoms with van der Waals surface area (Å²) in [6, 6.07) is 0.566. The number of nitrogens with one attached hydrogen (secondary N) is 1. The summed E-state index contributed by atoms with van der Waals surface area (Å²) < 4.78 is 5.62. The number of rotatable bonds is 3. The predicted octanol–water partition coefficient (Wildman–Crippen LogP) is 2.29. The third kappa shape index (κ3) is 4.12. The minimum atomic E-state index is 0.0284. The highest BCUT2D eigenvalue weighted by molar-refractivity contribution is 6.25. The molecule has 1 aliphatic rings. The lowest BCUT2D eigenvalue weighted by Crippen LogP contribution is -2.43. The lowest BCUT2D eigenvalue weighted by Gasteiger charge is -2.35. The average molecular weight is 204 g/mol. The zero-order valence-electron chi connectivity index (χ0n) is 8.35. The van der Waals surface area contributed by atoms with Gasteiger partial charge in [0, 0.05) is 24.7 Å². The van der Waals surface area contributed by atoms with Gasteiger partial charge in [0.05, 0.1) is 5.60 Å². The zero-order valence-corrected chi connectivity index (χ0v) is 9.10. The van der Waals surface area contributed by atoms with Gasteiger partial charge >= 0.3 is 0 Å². The minimum Gasteiger partial charge on any atom is -0.375 e. The van der Waals surface area contributed by atoms with E-state index >= 15 is 0 Å². The Hall–Kier alpha value is -0.0500. The van der Waals surface area contributed by atoms with Crippen molar-refractivity contribution in [2.75, 3.05) is 13.2 Å². The topological polar surface area (TPSA) is 21.3 Å². The van der Waals surface area contributed by atoms with Crippen LogP contribution in [0.3, 0.4) is 0 Å². The molecule has 1 fully saturated rings. The van der Waals surface area contributed by atoms with E-state index in [1.165, 1.54) is 0 Å². The maximum absolute atomic E-state index is 5.62. The summed E-state index contributed by atoms with van der Waals surface area (Å²) in [6.45, 7) is 5.98. The SMILES string of the molecule is CC1(C)CC(NC/C=C/Cl)CCO1. The Morgan fingerprint density at radius 1 is 1.62 bits per heavy atom. The van der Waals surface area contributed by atoms with E-state index in [9.17, 15) is 0 Å². The Morgan fingerprint density at radius 2 is 2.38 bits per heavy atom. The molecule has 13 heavy (non-hydrogen) atoms. The predicted molar refractivity (Wildman–Crippen MR) is 56.0 cm³/mol. The summed E-state index contributed by atoms with van der Waals surface area (Å²) in [6.07, 6.45) is 4.09. The van der Waals surface area contributed by atoms with Crippen molar-refractivity contribution in [3.63, 3.8) is 0 Å². The molecule has 76 valence electrons. The molecule has 1 heterocycles. The Bertz CT molecular complexity index is 180. The van der Waals surface area contributed by atoms with Crippen molar-refractivity contribution in [3.8, 4) is 0 Å². The first-order valence-corrected chi connectivity index (χ1v) is 5.20. The smallest absolute Gasteiger partial charge is 0.0641 e. The molecule has 0 aliphatic carbocycles. The summed E-state index contributed by atoms with van der Waals surface area (Å²) in [5.74, 6) is 0. The maximum Gasteiger partial charge on any atom is 0.0641 e. The molecule has 2 nitrogen and oxygen atoms in total. The van der Waals surface area contributed by atoms with Crippen molar-refractivity contribution in [1.82, 2.24) is 5.32 Å². The van der Waals surface area contributed by atoms with Gasteiger partial charge in [-0.1, -0.05) is 17.7 Å². The van der Waals surface area contributed by atoms with E-state index < -0.39 is 0 Å². The van der Waals surface area contributed by atoms with Crippen LogP contribution in [0.1, 0.15) is 26.7 Å². The Balaban J connectivity index is 2.26. The third-order valence-electron chi connectivity index (χ3n) is 2.31. The molecule has 0 aromatic rings. The number of halogens is 1. The lowest BCUT2D eigenvalue weighted by molar-refractivity contribution is -0.0623. The Morgan fingerprint density at radius 3 is 3.00 bits per heavy atom. The van der Waals surface area contributed by atoms with Gasteiger partial charge in [-0.15, -0.1) is 0 Å². The average Bonchev–Trinajstić information content (AvgIpc) is 2.03. The van der Waals surface area contributed by atoms with Crippen LogP contribution in [0.2, 0.25) is 0 Å². The first kappa shape index (κ1) is 11.0. The van der Waals surface area contributed by atoms with Crippen LogP contribution in [-0.4, -0.2) is 24.8 Å². The zero-order chi connectivity index (χ0) is 9.73. The molecular formula is C10H18ClNO. The van der Waals surface area contributed by atoms with E-state index in [1.54, 1.807) is 5.54 Å². The van der Waals surface area contributed by atoms with Crippen molar-refractivity contribution in [1.29, 1.82) is 0 Å². The van der Waals surface area contributed by atoms with Crippen LogP contribution in [0, 0.1) is 0 Å². The van der Waals surface area contributed by atoms with E-state index in [0.29, 0.717) is 6.04 Å². The number of hydrogen-bond acceptors (Lipinski definition) is 2. The van der Waals surface area contributed by atoms with Gasteiger partial charge in [-0.25, -0.2) is 0 Å². The number of hydrogen-bond donors (Lipinski definition) is 1. The van der Waals surface area contributed by atoms with E-state index in [2.05, 4.69) is 19.2 Å². The summed E-state index contributed by atoms with van der Waals surface area (Å²) in [7, 11) is 0. The largest absolute Gasteiger partial charge is 0.375 e. The molecule has 0 saturated carbocycles. The van der Waals surface area contributed by atoms with Crippen LogP contribution in [0.25, 0.3) is 0 Å². The Kier molecular flexibility index (Phi) is 4.23. The molecule has 1 N–H and O–H groups in total. The van der Waals surface area contributed by atoms with Gasteiger partial charge in [0.1, 0.15) is 0 Å². The molecule has 0 amide bonds. The Labute approximate surface area is 85.3 Å². The van der Waals surface area contributed by atoms with Crippen molar-refractivity contribution in [3.05, 3.63) is 11.6 Å². The lowest BCUT2D eigenvalue weighted by atomic mass is 9.94. The molecule has 0 bridgehead atoms. The van der Waals surface area contributed by atoms with Crippen molar-refractivity contribution in [2.24, 2.45) is 0 Å². The van der Waals surface area contributed by atoms with Gasteiger partial charge in [0.15, 0.2) is 0 Å². The minimum absolute atomic E-state index is 0.0284. The maximum atomic E-state index is 5.62. The fourth-order valence-electron chi connectivity index (χ4n) is 1.69. The molecule has 3 heteroatoms. The van der Waals surface area contributed by atoms with E-state index in [-0.39, 0.29) is 5.60 Å². The van der Waals surface area contributed by atoms with E-state index in [4.69, 9.17) is 16.3 Å². The van der Waals surface area contributed by atoms with Crippen LogP contribution < -0.4 is 5.32 Å². The highest BCUT2D eigenvalue weighted by atomic mass is 35.5. The highest BCUT2D eigenvalue weighted by Crippen LogP contribution is 2.23. The standard InChI is InChI=1S/C10H18ClNO/c1-10(2)8-9(4-7-13-10)12-6-3-5-11/h3,5,9,12H,4,6-8H2,1-2H3/b5-3+. The quantitative estimate of drug-likeness (QED) is 0.760.